The number of rotatable bonds is 3. The Hall–Kier alpha value is -1.39. The van der Waals surface area contributed by atoms with Crippen molar-refractivity contribution < 1.29 is 5.11 Å². The van der Waals surface area contributed by atoms with Crippen molar-refractivity contribution in [2.75, 3.05) is 11.9 Å². The second-order valence-corrected chi connectivity index (χ2v) is 6.52. The topological polar surface area (TPSA) is 58.0 Å². The fourth-order valence-electron chi connectivity index (χ4n) is 3.24. The van der Waals surface area contributed by atoms with E-state index in [0.29, 0.717) is 23.4 Å². The second kappa shape index (κ2) is 5.78. The molecule has 112 valence electrons. The highest BCUT2D eigenvalue weighted by atomic mass is 35.5. The zero-order chi connectivity index (χ0) is 14.9. The van der Waals surface area contributed by atoms with Crippen molar-refractivity contribution in [2.24, 2.45) is 5.92 Å². The summed E-state index contributed by atoms with van der Waals surface area (Å²) in [6.45, 7) is 2.69. The standard InChI is InChI=1S/C16H20ClN3O/c1-11-5-4-8-16(21,9-11)10-18-15-13-7-3-2-6-12(13)14(17)19-20-15/h2-3,6-7,11,21H,4-5,8-10H2,1H3,(H,18,20). The summed E-state index contributed by atoms with van der Waals surface area (Å²) in [6.07, 6.45) is 3.95. The Bertz CT molecular complexity index is 648. The second-order valence-electron chi connectivity index (χ2n) is 6.16. The fourth-order valence-corrected chi connectivity index (χ4v) is 3.45. The van der Waals surface area contributed by atoms with Gasteiger partial charge in [0.15, 0.2) is 11.0 Å². The summed E-state index contributed by atoms with van der Waals surface area (Å²) in [5, 5.41) is 24.3. The van der Waals surface area contributed by atoms with Gasteiger partial charge < -0.3 is 10.4 Å². The Kier molecular flexibility index (Phi) is 4.00. The van der Waals surface area contributed by atoms with E-state index in [1.165, 1.54) is 6.42 Å². The van der Waals surface area contributed by atoms with Gasteiger partial charge in [-0.05, 0) is 18.8 Å². The molecule has 21 heavy (non-hydrogen) atoms. The number of fused-ring (bicyclic) bond motifs is 1. The van der Waals surface area contributed by atoms with Gasteiger partial charge in [-0.1, -0.05) is 55.6 Å². The number of aromatic nitrogens is 2. The molecule has 1 aromatic carbocycles. The van der Waals surface area contributed by atoms with E-state index in [0.717, 1.165) is 30.0 Å². The molecule has 1 heterocycles. The molecule has 0 aliphatic heterocycles. The van der Waals surface area contributed by atoms with Crippen molar-refractivity contribution in [3.63, 3.8) is 0 Å². The van der Waals surface area contributed by atoms with Gasteiger partial charge in [0.05, 0.1) is 5.60 Å². The summed E-state index contributed by atoms with van der Waals surface area (Å²) in [6, 6.07) is 7.76. The van der Waals surface area contributed by atoms with Crippen LogP contribution in [0.1, 0.15) is 32.6 Å². The number of anilines is 1. The van der Waals surface area contributed by atoms with Gasteiger partial charge in [0.1, 0.15) is 0 Å². The normalized spacial score (nSPS) is 26.0. The zero-order valence-electron chi connectivity index (χ0n) is 12.1. The van der Waals surface area contributed by atoms with Crippen LogP contribution in [0.3, 0.4) is 0 Å². The molecule has 1 aliphatic carbocycles. The average molecular weight is 306 g/mol. The molecule has 0 amide bonds. The largest absolute Gasteiger partial charge is 0.388 e. The van der Waals surface area contributed by atoms with Gasteiger partial charge in [-0.2, -0.15) is 0 Å². The molecule has 2 N–H and O–H groups in total. The number of benzene rings is 1. The lowest BCUT2D eigenvalue weighted by Gasteiger charge is -2.35. The van der Waals surface area contributed by atoms with Crippen LogP contribution >= 0.6 is 11.6 Å². The number of hydrogen-bond donors (Lipinski definition) is 2. The lowest BCUT2D eigenvalue weighted by Crippen LogP contribution is -2.41. The van der Waals surface area contributed by atoms with Crippen molar-refractivity contribution in [2.45, 2.75) is 38.2 Å². The van der Waals surface area contributed by atoms with Gasteiger partial charge in [0, 0.05) is 17.3 Å². The molecule has 1 aromatic heterocycles. The summed E-state index contributed by atoms with van der Waals surface area (Å²) < 4.78 is 0. The van der Waals surface area contributed by atoms with Gasteiger partial charge in [-0.3, -0.25) is 0 Å². The Balaban J connectivity index is 1.81. The predicted octanol–water partition coefficient (Wildman–Crippen LogP) is 3.64. The van der Waals surface area contributed by atoms with E-state index in [2.05, 4.69) is 22.4 Å². The van der Waals surface area contributed by atoms with Crippen LogP contribution in [0.2, 0.25) is 5.15 Å². The van der Waals surface area contributed by atoms with E-state index >= 15 is 0 Å². The van der Waals surface area contributed by atoms with Crippen LogP contribution in [0.5, 0.6) is 0 Å². The monoisotopic (exact) mass is 305 g/mol. The van der Waals surface area contributed by atoms with Crippen molar-refractivity contribution in [3.8, 4) is 0 Å². The van der Waals surface area contributed by atoms with E-state index in [1.807, 2.05) is 24.3 Å². The first-order chi connectivity index (χ1) is 10.1. The molecule has 1 fully saturated rings. The predicted molar refractivity (Wildman–Crippen MR) is 85.6 cm³/mol. The van der Waals surface area contributed by atoms with Crippen LogP contribution in [0, 0.1) is 5.92 Å². The van der Waals surface area contributed by atoms with Gasteiger partial charge in [-0.15, -0.1) is 10.2 Å². The summed E-state index contributed by atoms with van der Waals surface area (Å²) in [7, 11) is 0. The molecule has 2 aromatic rings. The molecular weight excluding hydrogens is 286 g/mol. The summed E-state index contributed by atoms with van der Waals surface area (Å²) in [5.74, 6) is 1.25. The van der Waals surface area contributed by atoms with E-state index in [-0.39, 0.29) is 0 Å². The SMILES string of the molecule is CC1CCCC(O)(CNc2nnc(Cl)c3ccccc23)C1. The first kappa shape index (κ1) is 14.5. The van der Waals surface area contributed by atoms with Gasteiger partial charge in [-0.25, -0.2) is 0 Å². The molecule has 4 nitrogen and oxygen atoms in total. The van der Waals surface area contributed by atoms with Crippen LogP contribution in [0.15, 0.2) is 24.3 Å². The van der Waals surface area contributed by atoms with Crippen molar-refractivity contribution in [1.82, 2.24) is 10.2 Å². The third-order valence-corrected chi connectivity index (χ3v) is 4.57. The van der Waals surface area contributed by atoms with Crippen LogP contribution in [-0.4, -0.2) is 27.4 Å². The number of halogens is 1. The summed E-state index contributed by atoms with van der Waals surface area (Å²) >= 11 is 6.07. The molecule has 0 radical (unpaired) electrons. The Morgan fingerprint density at radius 2 is 2.10 bits per heavy atom. The van der Waals surface area contributed by atoms with Crippen molar-refractivity contribution in [1.29, 1.82) is 0 Å². The van der Waals surface area contributed by atoms with Crippen LogP contribution in [0.25, 0.3) is 10.8 Å². The number of hydrogen-bond acceptors (Lipinski definition) is 4. The molecule has 2 unspecified atom stereocenters. The summed E-state index contributed by atoms with van der Waals surface area (Å²) in [4.78, 5) is 0. The molecule has 1 saturated carbocycles. The lowest BCUT2D eigenvalue weighted by atomic mass is 9.79. The number of aliphatic hydroxyl groups is 1. The maximum atomic E-state index is 10.7. The van der Waals surface area contributed by atoms with Crippen molar-refractivity contribution in [3.05, 3.63) is 29.4 Å². The third-order valence-electron chi connectivity index (χ3n) is 4.29. The highest BCUT2D eigenvalue weighted by molar-refractivity contribution is 6.34. The first-order valence-electron chi connectivity index (χ1n) is 7.45. The van der Waals surface area contributed by atoms with Gasteiger partial charge in [0.2, 0.25) is 0 Å². The Morgan fingerprint density at radius 1 is 1.33 bits per heavy atom. The fraction of sp³-hybridized carbons (Fsp3) is 0.500. The smallest absolute Gasteiger partial charge is 0.159 e. The van der Waals surface area contributed by atoms with Crippen molar-refractivity contribution >= 4 is 28.2 Å². The van der Waals surface area contributed by atoms with Crippen LogP contribution in [0.4, 0.5) is 5.82 Å². The average Bonchev–Trinajstić information content (AvgIpc) is 2.47. The highest BCUT2D eigenvalue weighted by Crippen LogP contribution is 2.33. The quantitative estimate of drug-likeness (QED) is 0.909. The van der Waals surface area contributed by atoms with Gasteiger partial charge in [0.25, 0.3) is 0 Å². The number of nitrogens with zero attached hydrogens (tertiary/aromatic N) is 2. The van der Waals surface area contributed by atoms with E-state index in [9.17, 15) is 5.11 Å². The molecule has 0 saturated heterocycles. The molecule has 1 aliphatic rings. The van der Waals surface area contributed by atoms with Crippen LogP contribution < -0.4 is 5.32 Å². The molecule has 2 atom stereocenters. The van der Waals surface area contributed by atoms with Gasteiger partial charge >= 0.3 is 0 Å². The maximum Gasteiger partial charge on any atom is 0.159 e. The molecule has 3 rings (SSSR count). The summed E-state index contributed by atoms with van der Waals surface area (Å²) in [5.41, 5.74) is -0.653. The minimum atomic E-state index is -0.653. The Labute approximate surface area is 129 Å². The molecular formula is C16H20ClN3O. The minimum Gasteiger partial charge on any atom is -0.388 e. The van der Waals surface area contributed by atoms with Crippen LogP contribution in [-0.2, 0) is 0 Å². The molecule has 5 heteroatoms. The van der Waals surface area contributed by atoms with E-state index in [4.69, 9.17) is 11.6 Å². The lowest BCUT2D eigenvalue weighted by molar-refractivity contribution is -0.000811. The highest BCUT2D eigenvalue weighted by Gasteiger charge is 2.32. The zero-order valence-corrected chi connectivity index (χ0v) is 12.9. The molecule has 0 bridgehead atoms. The van der Waals surface area contributed by atoms with E-state index in [1.54, 1.807) is 0 Å². The first-order valence-corrected chi connectivity index (χ1v) is 7.82. The minimum absolute atomic E-state index is 0.404. The number of nitrogens with one attached hydrogen (secondary N) is 1. The molecule has 0 spiro atoms. The van der Waals surface area contributed by atoms with E-state index < -0.39 is 5.60 Å². The third kappa shape index (κ3) is 3.11. The maximum absolute atomic E-state index is 10.7. The Morgan fingerprint density at radius 3 is 2.86 bits per heavy atom.